The number of fused-ring (bicyclic) bond motifs is 1. The number of rotatable bonds is 3. The van der Waals surface area contributed by atoms with Gasteiger partial charge in [-0.25, -0.2) is 4.98 Å². The smallest absolute Gasteiger partial charge is 0.277 e. The second kappa shape index (κ2) is 7.10. The van der Waals surface area contributed by atoms with Crippen LogP contribution in [-0.2, 0) is 9.59 Å². The molecule has 3 amide bonds. The predicted molar refractivity (Wildman–Crippen MR) is 100 cm³/mol. The van der Waals surface area contributed by atoms with E-state index in [4.69, 9.17) is 4.42 Å². The molecule has 0 bridgehead atoms. The first-order valence-electron chi connectivity index (χ1n) is 9.28. The molecule has 146 valence electrons. The highest BCUT2D eigenvalue weighted by Gasteiger charge is 2.42. The summed E-state index contributed by atoms with van der Waals surface area (Å²) in [6.07, 6.45) is 1.89. The number of carbonyl (C=O) groups excluding carboxylic acids is 3. The second-order valence-electron chi connectivity index (χ2n) is 7.42. The van der Waals surface area contributed by atoms with E-state index in [9.17, 15) is 14.4 Å². The number of hydrogen-bond donors (Lipinski definition) is 1. The molecule has 28 heavy (non-hydrogen) atoms. The number of piperazine rings is 1. The van der Waals surface area contributed by atoms with Crippen LogP contribution >= 0.6 is 0 Å². The lowest BCUT2D eigenvalue weighted by molar-refractivity contribution is -0.136. The number of aryl methyl sites for hydroxylation is 1. The minimum atomic E-state index is -0.318. The number of aromatic nitrogens is 1. The standard InChI is InChI=1S/C20H22N4O4/c1-12-4-3-5-14(6-12)19-18(21-11-28-19)20(27)23-9-16-7-15(22-13(2)25)8-24(16)17(26)10-23/h3-6,11,15-16H,7-10H2,1-2H3,(H,22,25)/t15-,16-/m0/s1. The van der Waals surface area contributed by atoms with Gasteiger partial charge in [0.2, 0.25) is 11.8 Å². The van der Waals surface area contributed by atoms with E-state index >= 15 is 0 Å². The highest BCUT2D eigenvalue weighted by Crippen LogP contribution is 2.28. The Hall–Kier alpha value is -3.16. The van der Waals surface area contributed by atoms with Gasteiger partial charge in [0, 0.05) is 31.6 Å². The van der Waals surface area contributed by atoms with Crippen LogP contribution in [-0.4, -0.2) is 64.2 Å². The number of carbonyl (C=O) groups is 3. The summed E-state index contributed by atoms with van der Waals surface area (Å²) in [4.78, 5) is 44.4. The molecule has 2 aromatic rings. The van der Waals surface area contributed by atoms with Crippen LogP contribution in [0.5, 0.6) is 0 Å². The van der Waals surface area contributed by atoms with Gasteiger partial charge in [-0.1, -0.05) is 23.8 Å². The molecular weight excluding hydrogens is 360 g/mol. The first-order valence-corrected chi connectivity index (χ1v) is 9.28. The monoisotopic (exact) mass is 382 g/mol. The van der Waals surface area contributed by atoms with Crippen molar-refractivity contribution in [1.82, 2.24) is 20.1 Å². The van der Waals surface area contributed by atoms with Gasteiger partial charge in [-0.3, -0.25) is 14.4 Å². The first-order chi connectivity index (χ1) is 13.4. The van der Waals surface area contributed by atoms with E-state index in [0.29, 0.717) is 25.3 Å². The van der Waals surface area contributed by atoms with Crippen LogP contribution in [0, 0.1) is 6.92 Å². The number of nitrogens with one attached hydrogen (secondary N) is 1. The zero-order valence-electron chi connectivity index (χ0n) is 15.8. The van der Waals surface area contributed by atoms with E-state index in [1.165, 1.54) is 18.2 Å². The molecule has 2 saturated heterocycles. The third-order valence-corrected chi connectivity index (χ3v) is 5.24. The van der Waals surface area contributed by atoms with E-state index in [2.05, 4.69) is 10.3 Å². The summed E-state index contributed by atoms with van der Waals surface area (Å²) >= 11 is 0. The maximum Gasteiger partial charge on any atom is 0.277 e. The number of oxazole rings is 1. The van der Waals surface area contributed by atoms with Crippen molar-refractivity contribution in [2.45, 2.75) is 32.4 Å². The fraction of sp³-hybridized carbons (Fsp3) is 0.400. The molecule has 2 aliphatic rings. The zero-order valence-corrected chi connectivity index (χ0v) is 15.8. The Morgan fingerprint density at radius 2 is 2.11 bits per heavy atom. The van der Waals surface area contributed by atoms with Crippen molar-refractivity contribution in [3.8, 4) is 11.3 Å². The largest absolute Gasteiger partial charge is 0.443 e. The summed E-state index contributed by atoms with van der Waals surface area (Å²) < 4.78 is 5.49. The van der Waals surface area contributed by atoms with Crippen LogP contribution in [0.1, 0.15) is 29.4 Å². The van der Waals surface area contributed by atoms with Crippen molar-refractivity contribution in [2.75, 3.05) is 19.6 Å². The highest BCUT2D eigenvalue weighted by atomic mass is 16.3. The van der Waals surface area contributed by atoms with Crippen molar-refractivity contribution in [3.05, 3.63) is 41.9 Å². The van der Waals surface area contributed by atoms with Gasteiger partial charge < -0.3 is 19.5 Å². The van der Waals surface area contributed by atoms with Crippen molar-refractivity contribution in [1.29, 1.82) is 0 Å². The molecule has 8 nitrogen and oxygen atoms in total. The van der Waals surface area contributed by atoms with Gasteiger partial charge in [0.15, 0.2) is 17.8 Å². The Labute approximate surface area is 162 Å². The van der Waals surface area contributed by atoms with Crippen LogP contribution < -0.4 is 5.32 Å². The molecule has 1 aromatic heterocycles. The lowest BCUT2D eigenvalue weighted by Crippen LogP contribution is -2.55. The molecule has 2 aliphatic heterocycles. The average Bonchev–Trinajstić information content (AvgIpc) is 3.27. The molecule has 2 fully saturated rings. The maximum atomic E-state index is 13.1. The normalized spacial score (nSPS) is 21.6. The Morgan fingerprint density at radius 1 is 1.29 bits per heavy atom. The molecule has 4 rings (SSSR count). The zero-order chi connectivity index (χ0) is 19.8. The summed E-state index contributed by atoms with van der Waals surface area (Å²) in [6, 6.07) is 7.47. The molecule has 3 heterocycles. The Balaban J connectivity index is 1.53. The van der Waals surface area contributed by atoms with Gasteiger partial charge in [0.25, 0.3) is 5.91 Å². The van der Waals surface area contributed by atoms with Crippen molar-refractivity contribution < 1.29 is 18.8 Å². The SMILES string of the molecule is CC(=O)N[C@H]1C[C@H]2CN(C(=O)c3ncoc3-c3cccc(C)c3)CC(=O)N2C1. The molecule has 0 unspecified atom stereocenters. The van der Waals surface area contributed by atoms with Gasteiger partial charge in [-0.2, -0.15) is 0 Å². The minimum absolute atomic E-state index is 0.00222. The Morgan fingerprint density at radius 3 is 2.86 bits per heavy atom. The van der Waals surface area contributed by atoms with Crippen LogP contribution in [0.2, 0.25) is 0 Å². The van der Waals surface area contributed by atoms with E-state index in [-0.39, 0.29) is 42.0 Å². The Kier molecular flexibility index (Phi) is 4.62. The molecule has 0 aliphatic carbocycles. The Bertz CT molecular complexity index is 938. The van der Waals surface area contributed by atoms with Gasteiger partial charge >= 0.3 is 0 Å². The molecule has 8 heteroatoms. The number of benzene rings is 1. The highest BCUT2D eigenvalue weighted by molar-refractivity contribution is 6.00. The third-order valence-electron chi connectivity index (χ3n) is 5.24. The summed E-state index contributed by atoms with van der Waals surface area (Å²) in [7, 11) is 0. The van der Waals surface area contributed by atoms with Crippen molar-refractivity contribution in [3.63, 3.8) is 0 Å². The molecule has 1 N–H and O–H groups in total. The molecule has 2 atom stereocenters. The fourth-order valence-corrected chi connectivity index (χ4v) is 4.05. The number of amides is 3. The van der Waals surface area contributed by atoms with Gasteiger partial charge in [-0.15, -0.1) is 0 Å². The lowest BCUT2D eigenvalue weighted by atomic mass is 10.1. The van der Waals surface area contributed by atoms with Gasteiger partial charge in [-0.05, 0) is 19.4 Å². The molecule has 1 aromatic carbocycles. The molecule has 0 spiro atoms. The lowest BCUT2D eigenvalue weighted by Gasteiger charge is -2.36. The van der Waals surface area contributed by atoms with Crippen molar-refractivity contribution >= 4 is 17.7 Å². The first kappa shape index (κ1) is 18.2. The maximum absolute atomic E-state index is 13.1. The average molecular weight is 382 g/mol. The van der Waals surface area contributed by atoms with E-state index < -0.39 is 0 Å². The predicted octanol–water partition coefficient (Wildman–Crippen LogP) is 1.21. The fourth-order valence-electron chi connectivity index (χ4n) is 4.05. The summed E-state index contributed by atoms with van der Waals surface area (Å²) in [5, 5.41) is 2.86. The molecular formula is C20H22N4O4. The van der Waals surface area contributed by atoms with E-state index in [1.807, 2.05) is 31.2 Å². The van der Waals surface area contributed by atoms with Crippen LogP contribution in [0.25, 0.3) is 11.3 Å². The van der Waals surface area contributed by atoms with Crippen LogP contribution in [0.4, 0.5) is 0 Å². The topological polar surface area (TPSA) is 95.7 Å². The second-order valence-corrected chi connectivity index (χ2v) is 7.42. The van der Waals surface area contributed by atoms with Crippen LogP contribution in [0.3, 0.4) is 0 Å². The quantitative estimate of drug-likeness (QED) is 0.861. The minimum Gasteiger partial charge on any atom is -0.443 e. The van der Waals surface area contributed by atoms with E-state index in [0.717, 1.165) is 11.1 Å². The van der Waals surface area contributed by atoms with Gasteiger partial charge in [0.05, 0.1) is 6.04 Å². The molecule has 0 saturated carbocycles. The summed E-state index contributed by atoms with van der Waals surface area (Å²) in [5.41, 5.74) is 2.03. The van der Waals surface area contributed by atoms with E-state index in [1.54, 1.807) is 4.90 Å². The third kappa shape index (κ3) is 3.37. The van der Waals surface area contributed by atoms with Gasteiger partial charge in [0.1, 0.15) is 6.54 Å². The molecule has 0 radical (unpaired) electrons. The summed E-state index contributed by atoms with van der Waals surface area (Å²) in [5.74, 6) is -0.138. The number of nitrogens with zero attached hydrogens (tertiary/aromatic N) is 3. The van der Waals surface area contributed by atoms with Crippen LogP contribution in [0.15, 0.2) is 35.1 Å². The van der Waals surface area contributed by atoms with Crippen molar-refractivity contribution in [2.24, 2.45) is 0 Å². The summed E-state index contributed by atoms with van der Waals surface area (Å²) in [6.45, 7) is 4.34. The number of hydrogen-bond acceptors (Lipinski definition) is 5.